The molecule has 2 N–H and O–H groups in total. The van der Waals surface area contributed by atoms with Gasteiger partial charge in [-0.25, -0.2) is 4.79 Å². The third-order valence-corrected chi connectivity index (χ3v) is 3.19. The highest BCUT2D eigenvalue weighted by Gasteiger charge is 2.23. The number of carbonyl (C=O) groups excluding carboxylic acids is 2. The van der Waals surface area contributed by atoms with Crippen molar-refractivity contribution < 1.29 is 14.3 Å². The van der Waals surface area contributed by atoms with E-state index in [1.54, 1.807) is 20.0 Å². The molecule has 1 aromatic heterocycles. The summed E-state index contributed by atoms with van der Waals surface area (Å²) in [5.41, 5.74) is 1.59. The van der Waals surface area contributed by atoms with Crippen molar-refractivity contribution in [2.45, 2.75) is 26.7 Å². The Labute approximate surface area is 112 Å². The van der Waals surface area contributed by atoms with E-state index < -0.39 is 5.97 Å². The SMILES string of the molecule is CCOC(=O)c1c(NC(=O)C2CC=CC2)c[nH]c1C. The molecule has 0 saturated heterocycles. The molecule has 0 bridgehead atoms. The van der Waals surface area contributed by atoms with E-state index in [9.17, 15) is 9.59 Å². The molecule has 0 radical (unpaired) electrons. The van der Waals surface area contributed by atoms with Crippen molar-refractivity contribution >= 4 is 17.6 Å². The zero-order chi connectivity index (χ0) is 13.8. The van der Waals surface area contributed by atoms with Gasteiger partial charge in [0, 0.05) is 17.8 Å². The van der Waals surface area contributed by atoms with Gasteiger partial charge in [0.25, 0.3) is 0 Å². The standard InChI is InChI=1S/C14H18N2O3/c1-3-19-14(18)12-9(2)15-8-11(12)16-13(17)10-6-4-5-7-10/h4-5,8,10,15H,3,6-7H2,1-2H3,(H,16,17). The van der Waals surface area contributed by atoms with Gasteiger partial charge in [-0.15, -0.1) is 0 Å². The highest BCUT2D eigenvalue weighted by Crippen LogP contribution is 2.24. The number of H-pyrrole nitrogens is 1. The van der Waals surface area contributed by atoms with Crippen molar-refractivity contribution in [1.29, 1.82) is 0 Å². The van der Waals surface area contributed by atoms with Crippen LogP contribution >= 0.6 is 0 Å². The number of amides is 1. The number of carbonyl (C=O) groups is 2. The average molecular weight is 262 g/mol. The summed E-state index contributed by atoms with van der Waals surface area (Å²) in [6.45, 7) is 3.84. The summed E-state index contributed by atoms with van der Waals surface area (Å²) in [6.07, 6.45) is 7.13. The molecule has 1 aliphatic carbocycles. The van der Waals surface area contributed by atoms with Crippen LogP contribution in [0.25, 0.3) is 0 Å². The minimum absolute atomic E-state index is 0.0368. The fraction of sp³-hybridized carbons (Fsp3) is 0.429. The van der Waals surface area contributed by atoms with Gasteiger partial charge in [0.15, 0.2) is 0 Å². The number of anilines is 1. The maximum absolute atomic E-state index is 12.0. The van der Waals surface area contributed by atoms with Gasteiger partial charge in [0.2, 0.25) is 5.91 Å². The minimum Gasteiger partial charge on any atom is -0.462 e. The number of allylic oxidation sites excluding steroid dienone is 2. The highest BCUT2D eigenvalue weighted by molar-refractivity contribution is 6.02. The Bertz CT molecular complexity index is 509. The summed E-state index contributed by atoms with van der Waals surface area (Å²) in [4.78, 5) is 26.8. The van der Waals surface area contributed by atoms with Gasteiger partial charge in [-0.2, -0.15) is 0 Å². The van der Waals surface area contributed by atoms with Crippen LogP contribution in [-0.2, 0) is 9.53 Å². The van der Waals surface area contributed by atoms with Gasteiger partial charge < -0.3 is 15.0 Å². The number of aromatic nitrogens is 1. The summed E-state index contributed by atoms with van der Waals surface area (Å²) in [5, 5.41) is 2.80. The third-order valence-electron chi connectivity index (χ3n) is 3.19. The van der Waals surface area contributed by atoms with Gasteiger partial charge in [-0.1, -0.05) is 12.2 Å². The first-order chi connectivity index (χ1) is 9.13. The van der Waals surface area contributed by atoms with Crippen molar-refractivity contribution in [3.8, 4) is 0 Å². The molecule has 0 saturated carbocycles. The molecule has 1 heterocycles. The maximum atomic E-state index is 12.0. The van der Waals surface area contributed by atoms with Crippen molar-refractivity contribution in [2.24, 2.45) is 5.92 Å². The van der Waals surface area contributed by atoms with Crippen LogP contribution in [-0.4, -0.2) is 23.5 Å². The minimum atomic E-state index is -0.416. The fourth-order valence-corrected chi connectivity index (χ4v) is 2.16. The Hall–Kier alpha value is -2.04. The van der Waals surface area contributed by atoms with E-state index in [0.29, 0.717) is 23.6 Å². The third kappa shape index (κ3) is 2.86. The van der Waals surface area contributed by atoms with Crippen LogP contribution in [0.2, 0.25) is 0 Å². The van der Waals surface area contributed by atoms with Crippen LogP contribution in [0, 0.1) is 12.8 Å². The van der Waals surface area contributed by atoms with Gasteiger partial charge >= 0.3 is 5.97 Å². The molecule has 19 heavy (non-hydrogen) atoms. The van der Waals surface area contributed by atoms with Crippen LogP contribution in [0.3, 0.4) is 0 Å². The van der Waals surface area contributed by atoms with E-state index in [1.807, 2.05) is 12.2 Å². The maximum Gasteiger partial charge on any atom is 0.342 e. The van der Waals surface area contributed by atoms with E-state index in [0.717, 1.165) is 12.8 Å². The molecule has 0 fully saturated rings. The zero-order valence-corrected chi connectivity index (χ0v) is 11.2. The Kier molecular flexibility index (Phi) is 4.04. The number of esters is 1. The first-order valence-corrected chi connectivity index (χ1v) is 6.44. The number of hydrogen-bond acceptors (Lipinski definition) is 3. The largest absolute Gasteiger partial charge is 0.462 e. The molecule has 0 atom stereocenters. The first kappa shape index (κ1) is 13.4. The Morgan fingerprint density at radius 3 is 2.74 bits per heavy atom. The number of ether oxygens (including phenoxy) is 1. The molecule has 0 aromatic carbocycles. The van der Waals surface area contributed by atoms with Crippen LogP contribution < -0.4 is 5.32 Å². The van der Waals surface area contributed by atoms with Gasteiger partial charge in [-0.3, -0.25) is 4.79 Å². The number of hydrogen-bond donors (Lipinski definition) is 2. The van der Waals surface area contributed by atoms with E-state index in [1.165, 1.54) is 0 Å². The quantitative estimate of drug-likeness (QED) is 0.646. The predicted octanol–water partition coefficient (Wildman–Crippen LogP) is 2.40. The van der Waals surface area contributed by atoms with Gasteiger partial charge in [-0.05, 0) is 26.7 Å². The van der Waals surface area contributed by atoms with Crippen molar-refractivity contribution in [2.75, 3.05) is 11.9 Å². The molecule has 0 spiro atoms. The van der Waals surface area contributed by atoms with E-state index >= 15 is 0 Å². The first-order valence-electron chi connectivity index (χ1n) is 6.44. The van der Waals surface area contributed by atoms with E-state index in [-0.39, 0.29) is 11.8 Å². The lowest BCUT2D eigenvalue weighted by atomic mass is 10.1. The highest BCUT2D eigenvalue weighted by atomic mass is 16.5. The lowest BCUT2D eigenvalue weighted by molar-refractivity contribution is -0.119. The topological polar surface area (TPSA) is 71.2 Å². The number of rotatable bonds is 4. The lowest BCUT2D eigenvalue weighted by Crippen LogP contribution is -2.21. The molecular formula is C14H18N2O3. The lowest BCUT2D eigenvalue weighted by Gasteiger charge is -2.11. The number of aryl methyl sites for hydroxylation is 1. The molecule has 5 nitrogen and oxygen atoms in total. The number of nitrogens with one attached hydrogen (secondary N) is 2. The summed E-state index contributed by atoms with van der Waals surface area (Å²) in [7, 11) is 0. The van der Waals surface area contributed by atoms with Crippen LogP contribution in [0.5, 0.6) is 0 Å². The van der Waals surface area contributed by atoms with Gasteiger partial charge in [0.1, 0.15) is 5.56 Å². The smallest absolute Gasteiger partial charge is 0.342 e. The van der Waals surface area contributed by atoms with Crippen molar-refractivity contribution in [3.05, 3.63) is 29.6 Å². The fourth-order valence-electron chi connectivity index (χ4n) is 2.16. The molecule has 102 valence electrons. The van der Waals surface area contributed by atoms with E-state index in [4.69, 9.17) is 4.74 Å². The second-order valence-corrected chi connectivity index (χ2v) is 4.55. The summed E-state index contributed by atoms with van der Waals surface area (Å²) in [5.74, 6) is -0.513. The Morgan fingerprint density at radius 2 is 2.11 bits per heavy atom. The van der Waals surface area contributed by atoms with Crippen molar-refractivity contribution in [1.82, 2.24) is 4.98 Å². The number of aromatic amines is 1. The normalized spacial score (nSPS) is 14.6. The Morgan fingerprint density at radius 1 is 1.42 bits per heavy atom. The second-order valence-electron chi connectivity index (χ2n) is 4.55. The Balaban J connectivity index is 2.12. The van der Waals surface area contributed by atoms with Crippen LogP contribution in [0.1, 0.15) is 35.8 Å². The second kappa shape index (κ2) is 5.73. The van der Waals surface area contributed by atoms with E-state index in [2.05, 4.69) is 10.3 Å². The monoisotopic (exact) mass is 262 g/mol. The summed E-state index contributed by atoms with van der Waals surface area (Å²) < 4.78 is 4.99. The molecule has 2 rings (SSSR count). The molecule has 5 heteroatoms. The summed E-state index contributed by atoms with van der Waals surface area (Å²) in [6, 6.07) is 0. The molecule has 1 aromatic rings. The molecule has 1 aliphatic rings. The predicted molar refractivity (Wildman–Crippen MR) is 72.0 cm³/mol. The average Bonchev–Trinajstić information content (AvgIpc) is 2.99. The van der Waals surface area contributed by atoms with Gasteiger partial charge in [0.05, 0.1) is 12.3 Å². The molecule has 0 aliphatic heterocycles. The molecular weight excluding hydrogens is 244 g/mol. The molecule has 1 amide bonds. The molecule has 0 unspecified atom stereocenters. The summed E-state index contributed by atoms with van der Waals surface area (Å²) >= 11 is 0. The van der Waals surface area contributed by atoms with Crippen LogP contribution in [0.15, 0.2) is 18.3 Å². The van der Waals surface area contributed by atoms with Crippen LogP contribution in [0.4, 0.5) is 5.69 Å². The zero-order valence-electron chi connectivity index (χ0n) is 11.2. The van der Waals surface area contributed by atoms with Crippen molar-refractivity contribution in [3.63, 3.8) is 0 Å².